The normalized spacial score (nSPS) is 11.9. The molecule has 0 saturated heterocycles. The molecule has 2 aromatic heterocycles. The molecule has 238 valence electrons. The van der Waals surface area contributed by atoms with Crippen LogP contribution >= 0.6 is 0 Å². The van der Waals surface area contributed by atoms with Crippen LogP contribution in [0.25, 0.3) is 81.6 Å². The summed E-state index contributed by atoms with van der Waals surface area (Å²) in [5, 5.41) is 14.9. The molecule has 0 atom stereocenters. The topological polar surface area (TPSA) is 13.1 Å². The van der Waals surface area contributed by atoms with Gasteiger partial charge in [0, 0.05) is 27.2 Å². The van der Waals surface area contributed by atoms with Crippen molar-refractivity contribution in [3.63, 3.8) is 0 Å². The number of hydrogen-bond donors (Lipinski definition) is 0. The molecule has 0 radical (unpaired) electrons. The standard InChI is InChI=1S/C48H31N3/c1-3-14-34(15-4-1)49-45-21-11-9-19-40(45)44-30-36(25-28-46(44)49)50(35-16-5-2-6-17-35)51-47-22-12-10-20-41(47)43-29-33-24-27-38-37-18-8-7-13-32(37)23-26-39(38)42(33)31-48(43)51/h1-31H. The van der Waals surface area contributed by atoms with Gasteiger partial charge in [-0.15, -0.1) is 0 Å². The Morgan fingerprint density at radius 3 is 1.69 bits per heavy atom. The molecule has 3 nitrogen and oxygen atoms in total. The maximum Gasteiger partial charge on any atom is 0.0722 e. The number of nitrogens with zero attached hydrogens (tertiary/aromatic N) is 3. The molecule has 0 aliphatic heterocycles. The van der Waals surface area contributed by atoms with Crippen molar-refractivity contribution >= 4 is 87.3 Å². The first-order chi connectivity index (χ1) is 25.3. The predicted octanol–water partition coefficient (Wildman–Crippen LogP) is 13.0. The van der Waals surface area contributed by atoms with Crippen LogP contribution in [0.1, 0.15) is 0 Å². The first-order valence-electron chi connectivity index (χ1n) is 17.5. The van der Waals surface area contributed by atoms with E-state index in [4.69, 9.17) is 0 Å². The van der Waals surface area contributed by atoms with E-state index in [1.807, 2.05) is 0 Å². The molecule has 2 heterocycles. The third-order valence-electron chi connectivity index (χ3n) is 10.6. The molecule has 9 aromatic carbocycles. The summed E-state index contributed by atoms with van der Waals surface area (Å²) in [5.74, 6) is 0. The van der Waals surface area contributed by atoms with Crippen molar-refractivity contribution < 1.29 is 0 Å². The number of para-hydroxylation sites is 4. The quantitative estimate of drug-likeness (QED) is 0.173. The van der Waals surface area contributed by atoms with E-state index in [9.17, 15) is 0 Å². The Balaban J connectivity index is 1.23. The summed E-state index contributed by atoms with van der Waals surface area (Å²) >= 11 is 0. The lowest BCUT2D eigenvalue weighted by Crippen LogP contribution is -2.24. The second-order valence-electron chi connectivity index (χ2n) is 13.4. The molecule has 0 saturated carbocycles. The third-order valence-corrected chi connectivity index (χ3v) is 10.6. The fraction of sp³-hybridized carbons (Fsp3) is 0. The van der Waals surface area contributed by atoms with Crippen molar-refractivity contribution in [2.24, 2.45) is 0 Å². The first-order valence-corrected chi connectivity index (χ1v) is 17.5. The number of rotatable bonds is 4. The lowest BCUT2D eigenvalue weighted by atomic mass is 9.96. The van der Waals surface area contributed by atoms with Crippen molar-refractivity contribution in [1.82, 2.24) is 9.24 Å². The van der Waals surface area contributed by atoms with Gasteiger partial charge in [-0.05, 0) is 99.0 Å². The molecular formula is C48H31N3. The molecule has 0 aliphatic rings. The molecule has 0 spiro atoms. The van der Waals surface area contributed by atoms with Crippen LogP contribution in [0.3, 0.4) is 0 Å². The highest BCUT2D eigenvalue weighted by Gasteiger charge is 2.22. The third kappa shape index (κ3) is 4.12. The van der Waals surface area contributed by atoms with Gasteiger partial charge >= 0.3 is 0 Å². The minimum atomic E-state index is 1.09. The van der Waals surface area contributed by atoms with Crippen molar-refractivity contribution in [3.8, 4) is 5.69 Å². The average Bonchev–Trinajstić information content (AvgIpc) is 3.70. The summed E-state index contributed by atoms with van der Waals surface area (Å²) < 4.78 is 4.81. The lowest BCUT2D eigenvalue weighted by molar-refractivity contribution is 0.887. The number of anilines is 2. The van der Waals surface area contributed by atoms with Crippen LogP contribution in [0.2, 0.25) is 0 Å². The van der Waals surface area contributed by atoms with E-state index in [1.54, 1.807) is 0 Å². The summed E-state index contributed by atoms with van der Waals surface area (Å²) in [5.41, 5.74) is 8.06. The monoisotopic (exact) mass is 649 g/mol. The zero-order chi connectivity index (χ0) is 33.5. The molecule has 3 heteroatoms. The van der Waals surface area contributed by atoms with Crippen LogP contribution in [-0.4, -0.2) is 9.24 Å². The van der Waals surface area contributed by atoms with Crippen LogP contribution in [0, 0.1) is 0 Å². The second kappa shape index (κ2) is 10.8. The van der Waals surface area contributed by atoms with E-state index in [-0.39, 0.29) is 0 Å². The van der Waals surface area contributed by atoms with E-state index in [0.29, 0.717) is 0 Å². The predicted molar refractivity (Wildman–Crippen MR) is 217 cm³/mol. The Hall–Kier alpha value is -6.84. The van der Waals surface area contributed by atoms with Gasteiger partial charge in [0.25, 0.3) is 0 Å². The van der Waals surface area contributed by atoms with Crippen molar-refractivity contribution in [2.75, 3.05) is 5.01 Å². The summed E-state index contributed by atoms with van der Waals surface area (Å²) in [6.45, 7) is 0. The van der Waals surface area contributed by atoms with E-state index >= 15 is 0 Å². The van der Waals surface area contributed by atoms with E-state index in [1.165, 1.54) is 70.4 Å². The molecular weight excluding hydrogens is 619 g/mol. The molecule has 0 amide bonds. The first kappa shape index (κ1) is 28.0. The Morgan fingerprint density at radius 1 is 0.294 bits per heavy atom. The Bertz CT molecular complexity index is 3130. The van der Waals surface area contributed by atoms with Crippen LogP contribution in [0.5, 0.6) is 0 Å². The van der Waals surface area contributed by atoms with E-state index < -0.39 is 0 Å². The number of aromatic nitrogens is 2. The molecule has 0 N–H and O–H groups in total. The van der Waals surface area contributed by atoms with E-state index in [2.05, 4.69) is 202 Å². The summed E-state index contributed by atoms with van der Waals surface area (Å²) in [4.78, 5) is 0. The van der Waals surface area contributed by atoms with Gasteiger partial charge in [0.15, 0.2) is 0 Å². The maximum atomic E-state index is 2.43. The zero-order valence-corrected chi connectivity index (χ0v) is 27.7. The van der Waals surface area contributed by atoms with Gasteiger partial charge in [0.05, 0.1) is 33.4 Å². The number of hydrogen-bond acceptors (Lipinski definition) is 1. The number of benzene rings is 9. The van der Waals surface area contributed by atoms with Gasteiger partial charge in [0.1, 0.15) is 0 Å². The zero-order valence-electron chi connectivity index (χ0n) is 27.7. The highest BCUT2D eigenvalue weighted by Crippen LogP contribution is 2.41. The van der Waals surface area contributed by atoms with Gasteiger partial charge in [-0.3, -0.25) is 0 Å². The van der Waals surface area contributed by atoms with Crippen LogP contribution in [-0.2, 0) is 0 Å². The van der Waals surface area contributed by atoms with E-state index in [0.717, 1.165) is 22.6 Å². The largest absolute Gasteiger partial charge is 0.309 e. The van der Waals surface area contributed by atoms with Gasteiger partial charge in [-0.1, -0.05) is 121 Å². The molecule has 11 rings (SSSR count). The molecule has 0 fully saturated rings. The smallest absolute Gasteiger partial charge is 0.0722 e. The molecule has 11 aromatic rings. The number of fused-ring (bicyclic) bond motifs is 11. The maximum absolute atomic E-state index is 2.43. The van der Waals surface area contributed by atoms with Gasteiger partial charge in [-0.25, -0.2) is 9.69 Å². The summed E-state index contributed by atoms with van der Waals surface area (Å²) in [7, 11) is 0. The molecule has 0 unspecified atom stereocenters. The minimum Gasteiger partial charge on any atom is -0.309 e. The molecule has 0 aliphatic carbocycles. The van der Waals surface area contributed by atoms with Crippen molar-refractivity contribution in [2.45, 2.75) is 0 Å². The minimum absolute atomic E-state index is 1.09. The highest BCUT2D eigenvalue weighted by molar-refractivity contribution is 6.22. The Labute approximate surface area is 294 Å². The van der Waals surface area contributed by atoms with Crippen LogP contribution in [0.15, 0.2) is 188 Å². The van der Waals surface area contributed by atoms with Crippen molar-refractivity contribution in [1.29, 1.82) is 0 Å². The van der Waals surface area contributed by atoms with Gasteiger partial charge in [-0.2, -0.15) is 0 Å². The van der Waals surface area contributed by atoms with Crippen LogP contribution in [0.4, 0.5) is 11.4 Å². The van der Waals surface area contributed by atoms with Gasteiger partial charge in [0.2, 0.25) is 0 Å². The highest BCUT2D eigenvalue weighted by atomic mass is 15.6. The summed E-state index contributed by atoms with van der Waals surface area (Å²) in [6, 6.07) is 68.6. The summed E-state index contributed by atoms with van der Waals surface area (Å²) in [6.07, 6.45) is 0. The van der Waals surface area contributed by atoms with Crippen LogP contribution < -0.4 is 5.01 Å². The molecule has 51 heavy (non-hydrogen) atoms. The Kier molecular flexibility index (Phi) is 5.96. The van der Waals surface area contributed by atoms with Gasteiger partial charge < -0.3 is 4.57 Å². The second-order valence-corrected chi connectivity index (χ2v) is 13.4. The lowest BCUT2D eigenvalue weighted by Gasteiger charge is -2.28. The molecule has 0 bridgehead atoms. The van der Waals surface area contributed by atoms with Crippen molar-refractivity contribution in [3.05, 3.63) is 188 Å². The SMILES string of the molecule is c1ccc(N(c2ccc3c(c2)c2ccccc2n3-c2ccccc2)n2c3ccccc3c3cc4ccc5c6ccccc6ccc5c4cc32)cc1. The fourth-order valence-electron chi connectivity index (χ4n) is 8.38. The average molecular weight is 650 g/mol. The Morgan fingerprint density at radius 2 is 0.882 bits per heavy atom. The fourth-order valence-corrected chi connectivity index (χ4v) is 8.38.